The Labute approximate surface area is 95.2 Å². The molecule has 0 aliphatic carbocycles. The molecule has 2 rings (SSSR count). The van der Waals surface area contributed by atoms with Crippen LogP contribution in [-0.2, 0) is 0 Å². The second-order valence-corrected chi connectivity index (χ2v) is 3.68. The van der Waals surface area contributed by atoms with Crippen molar-refractivity contribution in [1.82, 2.24) is 4.98 Å². The first-order valence-corrected chi connectivity index (χ1v) is 5.23. The molecule has 0 saturated heterocycles. The molecule has 1 atom stereocenters. The van der Waals surface area contributed by atoms with E-state index in [1.165, 1.54) is 5.56 Å². The highest BCUT2D eigenvalue weighted by Crippen LogP contribution is 2.24. The van der Waals surface area contributed by atoms with Crippen LogP contribution in [0.15, 0.2) is 48.7 Å². The van der Waals surface area contributed by atoms with Gasteiger partial charge in [-0.2, -0.15) is 5.26 Å². The van der Waals surface area contributed by atoms with Crippen molar-refractivity contribution in [2.45, 2.75) is 12.8 Å². The molecule has 0 aliphatic rings. The fourth-order valence-electron chi connectivity index (χ4n) is 1.76. The summed E-state index contributed by atoms with van der Waals surface area (Å²) < 4.78 is 0. The minimum atomic E-state index is 0.150. The van der Waals surface area contributed by atoms with Crippen LogP contribution in [0, 0.1) is 11.3 Å². The quantitative estimate of drug-likeness (QED) is 0.760. The van der Waals surface area contributed by atoms with E-state index in [1.807, 2.05) is 24.3 Å². The van der Waals surface area contributed by atoms with Gasteiger partial charge in [0.1, 0.15) is 6.07 Å². The summed E-state index contributed by atoms with van der Waals surface area (Å²) in [7, 11) is 0. The van der Waals surface area contributed by atoms with Gasteiger partial charge in [0, 0.05) is 12.1 Å². The first-order valence-electron chi connectivity index (χ1n) is 5.23. The predicted molar refractivity (Wildman–Crippen MR) is 62.9 cm³/mol. The molecule has 1 heterocycles. The highest BCUT2D eigenvalue weighted by atomic mass is 14.7. The third kappa shape index (κ3) is 1.94. The Balaban J connectivity index is 2.42. The highest BCUT2D eigenvalue weighted by Gasteiger charge is 2.13. The summed E-state index contributed by atoms with van der Waals surface area (Å²) in [6, 6.07) is 15.9. The minimum Gasteiger partial charge on any atom is -0.259 e. The van der Waals surface area contributed by atoms with E-state index in [1.54, 1.807) is 12.3 Å². The third-order valence-electron chi connectivity index (χ3n) is 2.67. The molecule has 0 spiro atoms. The molecule has 0 unspecified atom stereocenters. The zero-order valence-electron chi connectivity index (χ0n) is 9.09. The number of rotatable bonds is 2. The number of pyridine rings is 1. The van der Waals surface area contributed by atoms with Crippen LogP contribution >= 0.6 is 0 Å². The average Bonchev–Trinajstić information content (AvgIpc) is 2.39. The van der Waals surface area contributed by atoms with Gasteiger partial charge in [0.05, 0.1) is 11.3 Å². The Kier molecular flexibility index (Phi) is 2.98. The van der Waals surface area contributed by atoms with Crippen LogP contribution in [0.4, 0.5) is 0 Å². The summed E-state index contributed by atoms with van der Waals surface area (Å²) in [6.45, 7) is 2.07. The molecule has 0 saturated carbocycles. The summed E-state index contributed by atoms with van der Waals surface area (Å²) in [5.74, 6) is 0.150. The van der Waals surface area contributed by atoms with Gasteiger partial charge in [0.15, 0.2) is 0 Å². The molecule has 0 amide bonds. The number of benzene rings is 1. The smallest absolute Gasteiger partial charge is 0.101 e. The van der Waals surface area contributed by atoms with Gasteiger partial charge in [0.2, 0.25) is 0 Å². The van der Waals surface area contributed by atoms with Crippen LogP contribution in [0.5, 0.6) is 0 Å². The van der Waals surface area contributed by atoms with E-state index < -0.39 is 0 Å². The molecule has 0 N–H and O–H groups in total. The third-order valence-corrected chi connectivity index (χ3v) is 2.67. The topological polar surface area (TPSA) is 36.7 Å². The van der Waals surface area contributed by atoms with Crippen LogP contribution in [0.1, 0.15) is 29.7 Å². The number of hydrogen-bond acceptors (Lipinski definition) is 2. The second-order valence-electron chi connectivity index (χ2n) is 3.68. The Morgan fingerprint density at radius 3 is 2.56 bits per heavy atom. The maximum Gasteiger partial charge on any atom is 0.101 e. The van der Waals surface area contributed by atoms with Crippen molar-refractivity contribution in [3.63, 3.8) is 0 Å². The van der Waals surface area contributed by atoms with Gasteiger partial charge in [-0.1, -0.05) is 37.3 Å². The van der Waals surface area contributed by atoms with Crippen LogP contribution in [-0.4, -0.2) is 4.98 Å². The molecule has 0 aliphatic heterocycles. The maximum atomic E-state index is 9.02. The van der Waals surface area contributed by atoms with Crippen LogP contribution in [0.3, 0.4) is 0 Å². The summed E-state index contributed by atoms with van der Waals surface area (Å²) in [6.07, 6.45) is 1.73. The molecule has 16 heavy (non-hydrogen) atoms. The van der Waals surface area contributed by atoms with E-state index in [-0.39, 0.29) is 5.92 Å². The van der Waals surface area contributed by atoms with E-state index in [9.17, 15) is 0 Å². The van der Waals surface area contributed by atoms with E-state index >= 15 is 0 Å². The SMILES string of the molecule is C[C@@H](c1ccccc1)c1ncccc1C#N. The standard InChI is InChI=1S/C14H12N2/c1-11(12-6-3-2-4-7-12)14-13(10-15)8-5-9-16-14/h2-9,11H,1H3/t11-/m0/s1. The van der Waals surface area contributed by atoms with Crippen molar-refractivity contribution in [1.29, 1.82) is 5.26 Å². The van der Waals surface area contributed by atoms with Gasteiger partial charge in [-0.25, -0.2) is 0 Å². The highest BCUT2D eigenvalue weighted by molar-refractivity contribution is 5.39. The summed E-state index contributed by atoms with van der Waals surface area (Å²) >= 11 is 0. The molecule has 2 heteroatoms. The minimum absolute atomic E-state index is 0.150. The normalized spacial score (nSPS) is 11.8. The lowest BCUT2D eigenvalue weighted by Crippen LogP contribution is -2.01. The van der Waals surface area contributed by atoms with Crippen molar-refractivity contribution in [3.8, 4) is 6.07 Å². The lowest BCUT2D eigenvalue weighted by Gasteiger charge is -2.12. The summed E-state index contributed by atoms with van der Waals surface area (Å²) in [5, 5.41) is 9.02. The van der Waals surface area contributed by atoms with E-state index in [4.69, 9.17) is 5.26 Å². The molecule has 1 aromatic heterocycles. The average molecular weight is 208 g/mol. The molecule has 78 valence electrons. The molecule has 0 bridgehead atoms. The molecule has 0 radical (unpaired) electrons. The summed E-state index contributed by atoms with van der Waals surface area (Å²) in [5.41, 5.74) is 2.67. The second kappa shape index (κ2) is 4.59. The van der Waals surface area contributed by atoms with Crippen molar-refractivity contribution >= 4 is 0 Å². The molecule has 1 aromatic carbocycles. The largest absolute Gasteiger partial charge is 0.259 e. The van der Waals surface area contributed by atoms with Gasteiger partial charge in [-0.15, -0.1) is 0 Å². The Hall–Kier alpha value is -2.14. The lowest BCUT2D eigenvalue weighted by atomic mass is 9.94. The van der Waals surface area contributed by atoms with E-state index in [0.717, 1.165) is 5.69 Å². The van der Waals surface area contributed by atoms with E-state index in [2.05, 4.69) is 30.1 Å². The predicted octanol–water partition coefficient (Wildman–Crippen LogP) is 3.11. The fourth-order valence-corrected chi connectivity index (χ4v) is 1.76. The first kappa shape index (κ1) is 10.4. The number of nitriles is 1. The zero-order valence-corrected chi connectivity index (χ0v) is 9.09. The van der Waals surface area contributed by atoms with Gasteiger partial charge >= 0.3 is 0 Å². The molecule has 2 nitrogen and oxygen atoms in total. The lowest BCUT2D eigenvalue weighted by molar-refractivity contribution is 0.866. The number of aromatic nitrogens is 1. The Morgan fingerprint density at radius 1 is 1.12 bits per heavy atom. The monoisotopic (exact) mass is 208 g/mol. The molecule has 0 fully saturated rings. The Morgan fingerprint density at radius 2 is 1.88 bits per heavy atom. The maximum absolute atomic E-state index is 9.02. The molecular formula is C14H12N2. The Bertz CT molecular complexity index is 512. The molecule has 2 aromatic rings. The van der Waals surface area contributed by atoms with Crippen LogP contribution in [0.25, 0.3) is 0 Å². The van der Waals surface area contributed by atoms with E-state index in [0.29, 0.717) is 5.56 Å². The van der Waals surface area contributed by atoms with Gasteiger partial charge in [-0.05, 0) is 17.7 Å². The van der Waals surface area contributed by atoms with Gasteiger partial charge in [-0.3, -0.25) is 4.98 Å². The van der Waals surface area contributed by atoms with Crippen molar-refractivity contribution in [2.75, 3.05) is 0 Å². The summed E-state index contributed by atoms with van der Waals surface area (Å²) in [4.78, 5) is 4.30. The van der Waals surface area contributed by atoms with Crippen molar-refractivity contribution in [3.05, 3.63) is 65.5 Å². The van der Waals surface area contributed by atoms with Crippen LogP contribution < -0.4 is 0 Å². The first-order chi connectivity index (χ1) is 7.83. The van der Waals surface area contributed by atoms with Crippen LogP contribution in [0.2, 0.25) is 0 Å². The fraction of sp³-hybridized carbons (Fsp3) is 0.143. The molecular weight excluding hydrogens is 196 g/mol. The number of nitrogens with zero attached hydrogens (tertiary/aromatic N) is 2. The number of hydrogen-bond donors (Lipinski definition) is 0. The van der Waals surface area contributed by atoms with Gasteiger partial charge in [0.25, 0.3) is 0 Å². The van der Waals surface area contributed by atoms with Crippen molar-refractivity contribution in [2.24, 2.45) is 0 Å². The van der Waals surface area contributed by atoms with Crippen molar-refractivity contribution < 1.29 is 0 Å². The van der Waals surface area contributed by atoms with Gasteiger partial charge < -0.3 is 0 Å². The zero-order chi connectivity index (χ0) is 11.4.